The van der Waals surface area contributed by atoms with Gasteiger partial charge >= 0.3 is 0 Å². The standard InChI is InChI=1S/C17H11NO5/c1-10-15(17(20)12-7-3-5-9-14(12)23-10)16(19)11-6-2-4-8-13(11)18(21)22/h2-9H,1H3. The van der Waals surface area contributed by atoms with E-state index in [0.29, 0.717) is 5.58 Å². The van der Waals surface area contributed by atoms with Gasteiger partial charge in [0.05, 0.1) is 10.3 Å². The van der Waals surface area contributed by atoms with Crippen molar-refractivity contribution in [2.75, 3.05) is 0 Å². The molecule has 3 aromatic rings. The molecule has 23 heavy (non-hydrogen) atoms. The monoisotopic (exact) mass is 309 g/mol. The summed E-state index contributed by atoms with van der Waals surface area (Å²) in [6.45, 7) is 1.50. The van der Waals surface area contributed by atoms with Crippen molar-refractivity contribution in [3.8, 4) is 0 Å². The zero-order chi connectivity index (χ0) is 16.6. The summed E-state index contributed by atoms with van der Waals surface area (Å²) in [7, 11) is 0. The molecule has 1 heterocycles. The summed E-state index contributed by atoms with van der Waals surface area (Å²) in [5, 5.41) is 11.4. The van der Waals surface area contributed by atoms with Gasteiger partial charge in [0, 0.05) is 6.07 Å². The Balaban J connectivity index is 2.28. The zero-order valence-corrected chi connectivity index (χ0v) is 12.1. The topological polar surface area (TPSA) is 90.4 Å². The first-order chi connectivity index (χ1) is 11.0. The van der Waals surface area contributed by atoms with E-state index in [4.69, 9.17) is 4.42 Å². The number of benzene rings is 2. The maximum Gasteiger partial charge on any atom is 0.280 e. The summed E-state index contributed by atoms with van der Waals surface area (Å²) >= 11 is 0. The number of hydrogen-bond donors (Lipinski definition) is 0. The highest BCUT2D eigenvalue weighted by molar-refractivity contribution is 6.12. The molecule has 6 nitrogen and oxygen atoms in total. The van der Waals surface area contributed by atoms with Crippen molar-refractivity contribution in [1.82, 2.24) is 0 Å². The van der Waals surface area contributed by atoms with Crippen LogP contribution in [0.2, 0.25) is 0 Å². The minimum Gasteiger partial charge on any atom is -0.460 e. The largest absolute Gasteiger partial charge is 0.460 e. The Morgan fingerprint density at radius 2 is 1.74 bits per heavy atom. The van der Waals surface area contributed by atoms with Crippen molar-refractivity contribution < 1.29 is 14.1 Å². The number of nitro benzene ring substituents is 1. The normalized spacial score (nSPS) is 10.7. The Hall–Kier alpha value is -3.28. The van der Waals surface area contributed by atoms with Crippen LogP contribution < -0.4 is 5.43 Å². The Kier molecular flexibility index (Phi) is 3.50. The van der Waals surface area contributed by atoms with Crippen LogP contribution in [0.25, 0.3) is 11.0 Å². The number of carbonyl (C=O) groups excluding carboxylic acids is 1. The van der Waals surface area contributed by atoms with Crippen LogP contribution in [-0.4, -0.2) is 10.7 Å². The van der Waals surface area contributed by atoms with Crippen LogP contribution in [0.15, 0.2) is 57.7 Å². The van der Waals surface area contributed by atoms with Gasteiger partial charge in [-0.15, -0.1) is 0 Å². The highest BCUT2D eigenvalue weighted by Crippen LogP contribution is 2.23. The molecule has 0 saturated carbocycles. The number of nitro groups is 1. The molecule has 114 valence electrons. The summed E-state index contributed by atoms with van der Waals surface area (Å²) < 4.78 is 5.53. The van der Waals surface area contributed by atoms with Crippen molar-refractivity contribution >= 4 is 22.4 Å². The van der Waals surface area contributed by atoms with Gasteiger partial charge in [0.1, 0.15) is 22.5 Å². The fraction of sp³-hybridized carbons (Fsp3) is 0.0588. The second-order valence-electron chi connectivity index (χ2n) is 4.96. The fourth-order valence-electron chi connectivity index (χ4n) is 2.48. The van der Waals surface area contributed by atoms with Gasteiger partial charge in [0.15, 0.2) is 0 Å². The smallest absolute Gasteiger partial charge is 0.280 e. The maximum absolute atomic E-state index is 12.7. The average molecular weight is 309 g/mol. The molecule has 6 heteroatoms. The lowest BCUT2D eigenvalue weighted by atomic mass is 9.99. The van der Waals surface area contributed by atoms with Crippen LogP contribution in [0.1, 0.15) is 21.7 Å². The fourth-order valence-corrected chi connectivity index (χ4v) is 2.48. The zero-order valence-electron chi connectivity index (χ0n) is 12.1. The number of aryl methyl sites for hydroxylation is 1. The van der Waals surface area contributed by atoms with E-state index in [1.165, 1.54) is 31.2 Å². The molecule has 2 aromatic carbocycles. The molecule has 0 amide bonds. The van der Waals surface area contributed by atoms with Crippen LogP contribution in [-0.2, 0) is 0 Å². The molecule has 0 saturated heterocycles. The van der Waals surface area contributed by atoms with Gasteiger partial charge in [0.25, 0.3) is 5.69 Å². The number of carbonyl (C=O) groups is 1. The third kappa shape index (κ3) is 2.40. The van der Waals surface area contributed by atoms with Crippen LogP contribution >= 0.6 is 0 Å². The lowest BCUT2D eigenvalue weighted by molar-refractivity contribution is -0.385. The summed E-state index contributed by atoms with van der Waals surface area (Å²) in [4.78, 5) is 35.7. The van der Waals surface area contributed by atoms with Crippen LogP contribution in [0.3, 0.4) is 0 Å². The minimum atomic E-state index is -0.714. The number of rotatable bonds is 3. The molecule has 0 unspecified atom stereocenters. The van der Waals surface area contributed by atoms with E-state index in [9.17, 15) is 19.7 Å². The molecule has 0 bridgehead atoms. The number of fused-ring (bicyclic) bond motifs is 1. The molecule has 0 atom stereocenters. The second kappa shape index (κ2) is 5.49. The summed E-state index contributed by atoms with van der Waals surface area (Å²) in [5.41, 5.74) is -0.785. The lowest BCUT2D eigenvalue weighted by Gasteiger charge is -2.06. The first kappa shape index (κ1) is 14.6. The van der Waals surface area contributed by atoms with Crippen molar-refractivity contribution in [2.45, 2.75) is 6.92 Å². The average Bonchev–Trinajstić information content (AvgIpc) is 2.54. The number of para-hydroxylation sites is 2. The first-order valence-corrected chi connectivity index (χ1v) is 6.81. The molecule has 0 radical (unpaired) electrons. The SMILES string of the molecule is Cc1oc2ccccc2c(=O)c1C(=O)c1ccccc1[N+](=O)[O-]. The summed E-state index contributed by atoms with van der Waals surface area (Å²) in [6, 6.07) is 12.1. The van der Waals surface area contributed by atoms with Crippen LogP contribution in [0.5, 0.6) is 0 Å². The van der Waals surface area contributed by atoms with Gasteiger partial charge in [-0.1, -0.05) is 24.3 Å². The van der Waals surface area contributed by atoms with Crippen molar-refractivity contribution in [3.05, 3.63) is 85.8 Å². The molecule has 0 aliphatic rings. The van der Waals surface area contributed by atoms with E-state index in [-0.39, 0.29) is 28.0 Å². The van der Waals surface area contributed by atoms with E-state index < -0.39 is 16.1 Å². The minimum absolute atomic E-state index is 0.136. The van der Waals surface area contributed by atoms with Gasteiger partial charge in [0.2, 0.25) is 11.2 Å². The number of hydrogen-bond acceptors (Lipinski definition) is 5. The van der Waals surface area contributed by atoms with E-state index in [1.807, 2.05) is 0 Å². The lowest BCUT2D eigenvalue weighted by Crippen LogP contribution is -2.19. The molecular formula is C17H11NO5. The molecule has 1 aromatic heterocycles. The van der Waals surface area contributed by atoms with E-state index in [0.717, 1.165) is 0 Å². The van der Waals surface area contributed by atoms with E-state index in [1.54, 1.807) is 24.3 Å². The predicted molar refractivity (Wildman–Crippen MR) is 83.7 cm³/mol. The second-order valence-corrected chi connectivity index (χ2v) is 4.96. The highest BCUT2D eigenvalue weighted by Gasteiger charge is 2.25. The van der Waals surface area contributed by atoms with Crippen molar-refractivity contribution in [1.29, 1.82) is 0 Å². The van der Waals surface area contributed by atoms with Gasteiger partial charge < -0.3 is 4.42 Å². The van der Waals surface area contributed by atoms with Gasteiger partial charge in [-0.3, -0.25) is 19.7 Å². The van der Waals surface area contributed by atoms with Crippen molar-refractivity contribution in [2.24, 2.45) is 0 Å². The molecule has 3 rings (SSSR count). The molecule has 0 aliphatic carbocycles. The molecular weight excluding hydrogens is 298 g/mol. The molecule has 0 spiro atoms. The van der Waals surface area contributed by atoms with Gasteiger partial charge in [-0.2, -0.15) is 0 Å². The predicted octanol–water partition coefficient (Wildman–Crippen LogP) is 3.24. The first-order valence-electron chi connectivity index (χ1n) is 6.81. The molecule has 0 fully saturated rings. The number of nitrogens with zero attached hydrogens (tertiary/aromatic N) is 1. The maximum atomic E-state index is 12.7. The third-order valence-electron chi connectivity index (χ3n) is 3.55. The van der Waals surface area contributed by atoms with E-state index in [2.05, 4.69) is 0 Å². The molecule has 0 aliphatic heterocycles. The Bertz CT molecular complexity index is 1000. The summed E-state index contributed by atoms with van der Waals surface area (Å²) in [6.07, 6.45) is 0. The van der Waals surface area contributed by atoms with Gasteiger partial charge in [-0.25, -0.2) is 0 Å². The van der Waals surface area contributed by atoms with Crippen molar-refractivity contribution in [3.63, 3.8) is 0 Å². The summed E-state index contributed by atoms with van der Waals surface area (Å²) in [5.74, 6) is -0.578. The Labute approximate surface area is 130 Å². The van der Waals surface area contributed by atoms with Crippen LogP contribution in [0.4, 0.5) is 5.69 Å². The Morgan fingerprint density at radius 1 is 1.09 bits per heavy atom. The Morgan fingerprint density at radius 3 is 2.48 bits per heavy atom. The van der Waals surface area contributed by atoms with E-state index >= 15 is 0 Å². The van der Waals surface area contributed by atoms with Crippen LogP contribution in [0, 0.1) is 17.0 Å². The number of ketones is 1. The quantitative estimate of drug-likeness (QED) is 0.421. The third-order valence-corrected chi connectivity index (χ3v) is 3.55. The highest BCUT2D eigenvalue weighted by atomic mass is 16.6. The van der Waals surface area contributed by atoms with Gasteiger partial charge in [-0.05, 0) is 25.1 Å². The molecule has 0 N–H and O–H groups in total.